The van der Waals surface area contributed by atoms with Crippen molar-refractivity contribution < 1.29 is 14.0 Å². The quantitative estimate of drug-likeness (QED) is 0.354. The van der Waals surface area contributed by atoms with E-state index in [0.29, 0.717) is 42.3 Å². The fourth-order valence-corrected chi connectivity index (χ4v) is 6.01. The summed E-state index contributed by atoms with van der Waals surface area (Å²) < 4.78 is 13.5. The molecule has 37 heavy (non-hydrogen) atoms. The minimum Gasteiger partial charge on any atom is -0.303 e. The van der Waals surface area contributed by atoms with Crippen LogP contribution in [-0.4, -0.2) is 47.8 Å². The van der Waals surface area contributed by atoms with Crippen molar-refractivity contribution in [3.63, 3.8) is 0 Å². The molecule has 2 aliphatic heterocycles. The highest BCUT2D eigenvalue weighted by molar-refractivity contribution is 6.06. The first-order valence-corrected chi connectivity index (χ1v) is 13.6. The van der Waals surface area contributed by atoms with Crippen molar-refractivity contribution >= 4 is 11.8 Å². The van der Waals surface area contributed by atoms with E-state index in [1.165, 1.54) is 34.2 Å². The maximum Gasteiger partial charge on any atom is 0.260 e. The van der Waals surface area contributed by atoms with E-state index in [2.05, 4.69) is 65.6 Å². The van der Waals surface area contributed by atoms with Crippen LogP contribution in [0.15, 0.2) is 78.9 Å². The zero-order valence-corrected chi connectivity index (χ0v) is 21.3. The summed E-state index contributed by atoms with van der Waals surface area (Å²) in [5.41, 5.74) is 3.93. The van der Waals surface area contributed by atoms with Crippen LogP contribution in [0.4, 0.5) is 4.39 Å². The molecule has 0 saturated carbocycles. The van der Waals surface area contributed by atoms with Crippen LogP contribution in [0, 0.1) is 11.7 Å². The molecule has 0 radical (unpaired) electrons. The Morgan fingerprint density at radius 3 is 2.16 bits per heavy atom. The molecule has 2 heterocycles. The van der Waals surface area contributed by atoms with Crippen LogP contribution >= 0.6 is 0 Å². The lowest BCUT2D eigenvalue weighted by atomic mass is 9.76. The first-order valence-electron chi connectivity index (χ1n) is 13.6. The summed E-state index contributed by atoms with van der Waals surface area (Å²) >= 11 is 0. The summed E-state index contributed by atoms with van der Waals surface area (Å²) in [6, 6.07) is 25.9. The van der Waals surface area contributed by atoms with E-state index in [1.807, 2.05) is 0 Å². The van der Waals surface area contributed by atoms with Gasteiger partial charge in [-0.05, 0) is 92.5 Å². The number of carbonyl (C=O) groups is 2. The fraction of sp³-hybridized carbons (Fsp3) is 0.375. The second-order valence-corrected chi connectivity index (χ2v) is 10.3. The SMILES string of the molecule is O=C(CCCCN1CCC(C(c2ccccc2)c2ccccc2)CC1)N1CCc2cc(F)ccc2C1=O. The van der Waals surface area contributed by atoms with Crippen LogP contribution in [0.3, 0.4) is 0 Å². The molecule has 3 aromatic carbocycles. The summed E-state index contributed by atoms with van der Waals surface area (Å²) in [6.45, 7) is 3.47. The van der Waals surface area contributed by atoms with Crippen molar-refractivity contribution in [2.24, 2.45) is 5.92 Å². The third-order valence-electron chi connectivity index (χ3n) is 7.98. The Bertz CT molecular complexity index is 1170. The minimum atomic E-state index is -0.342. The largest absolute Gasteiger partial charge is 0.303 e. The van der Waals surface area contributed by atoms with Gasteiger partial charge in [-0.15, -0.1) is 0 Å². The lowest BCUT2D eigenvalue weighted by molar-refractivity contribution is -0.128. The molecular formula is C32H35FN2O2. The van der Waals surface area contributed by atoms with E-state index < -0.39 is 0 Å². The predicted molar refractivity (Wildman–Crippen MR) is 144 cm³/mol. The molecule has 0 bridgehead atoms. The normalized spacial score (nSPS) is 16.7. The van der Waals surface area contributed by atoms with Gasteiger partial charge in [-0.2, -0.15) is 0 Å². The van der Waals surface area contributed by atoms with Gasteiger partial charge in [-0.25, -0.2) is 4.39 Å². The highest BCUT2D eigenvalue weighted by Gasteiger charge is 2.30. The highest BCUT2D eigenvalue weighted by atomic mass is 19.1. The van der Waals surface area contributed by atoms with Crippen molar-refractivity contribution in [2.75, 3.05) is 26.2 Å². The molecule has 192 valence electrons. The number of amides is 2. The van der Waals surface area contributed by atoms with Crippen LogP contribution < -0.4 is 0 Å². The van der Waals surface area contributed by atoms with Crippen LogP contribution in [0.5, 0.6) is 0 Å². The number of hydrogen-bond acceptors (Lipinski definition) is 3. The molecule has 4 nitrogen and oxygen atoms in total. The smallest absolute Gasteiger partial charge is 0.260 e. The molecule has 0 aromatic heterocycles. The molecule has 5 rings (SSSR count). The van der Waals surface area contributed by atoms with E-state index in [9.17, 15) is 14.0 Å². The van der Waals surface area contributed by atoms with Gasteiger partial charge in [0.25, 0.3) is 5.91 Å². The Labute approximate surface area is 219 Å². The van der Waals surface area contributed by atoms with Crippen LogP contribution in [-0.2, 0) is 11.2 Å². The molecule has 0 aliphatic carbocycles. The van der Waals surface area contributed by atoms with Gasteiger partial charge in [-0.3, -0.25) is 14.5 Å². The molecule has 0 spiro atoms. The maximum atomic E-state index is 13.5. The predicted octanol–water partition coefficient (Wildman–Crippen LogP) is 6.07. The van der Waals surface area contributed by atoms with Crippen molar-refractivity contribution in [2.45, 2.75) is 44.4 Å². The third kappa shape index (κ3) is 5.99. The molecule has 1 fully saturated rings. The molecule has 3 aromatic rings. The molecule has 5 heteroatoms. The van der Waals surface area contributed by atoms with E-state index in [0.717, 1.165) is 45.3 Å². The van der Waals surface area contributed by atoms with Gasteiger partial charge in [0.1, 0.15) is 5.82 Å². The number of halogens is 1. The van der Waals surface area contributed by atoms with Crippen LogP contribution in [0.2, 0.25) is 0 Å². The van der Waals surface area contributed by atoms with Crippen molar-refractivity contribution in [3.05, 3.63) is 107 Å². The summed E-state index contributed by atoms with van der Waals surface area (Å²) in [5, 5.41) is 0. The number of imide groups is 1. The maximum absolute atomic E-state index is 13.5. The number of hydrogen-bond donors (Lipinski definition) is 0. The highest BCUT2D eigenvalue weighted by Crippen LogP contribution is 2.38. The number of fused-ring (bicyclic) bond motifs is 1. The van der Waals surface area contributed by atoms with Crippen molar-refractivity contribution in [1.82, 2.24) is 9.80 Å². The van der Waals surface area contributed by atoms with Gasteiger partial charge in [0.2, 0.25) is 5.91 Å². The lowest BCUT2D eigenvalue weighted by Crippen LogP contribution is -2.42. The molecule has 0 atom stereocenters. The van der Waals surface area contributed by atoms with Gasteiger partial charge in [-0.1, -0.05) is 60.7 Å². The zero-order valence-electron chi connectivity index (χ0n) is 21.3. The van der Waals surface area contributed by atoms with Crippen molar-refractivity contribution in [3.8, 4) is 0 Å². The summed E-state index contributed by atoms with van der Waals surface area (Å²) in [7, 11) is 0. The number of piperidine rings is 1. The number of carbonyl (C=O) groups excluding carboxylic acids is 2. The Balaban J connectivity index is 1.08. The Morgan fingerprint density at radius 2 is 1.51 bits per heavy atom. The van der Waals surface area contributed by atoms with Crippen LogP contribution in [0.25, 0.3) is 0 Å². The third-order valence-corrected chi connectivity index (χ3v) is 7.98. The number of nitrogens with zero attached hydrogens (tertiary/aromatic N) is 2. The van der Waals surface area contributed by atoms with Gasteiger partial charge in [0, 0.05) is 24.4 Å². The number of unbranched alkanes of at least 4 members (excludes halogenated alkanes) is 1. The first kappa shape index (κ1) is 25.3. The summed E-state index contributed by atoms with van der Waals surface area (Å²) in [4.78, 5) is 29.3. The second-order valence-electron chi connectivity index (χ2n) is 10.3. The Hall–Kier alpha value is -3.31. The number of rotatable bonds is 8. The second kappa shape index (κ2) is 11.8. The van der Waals surface area contributed by atoms with E-state index in [4.69, 9.17) is 0 Å². The molecule has 1 saturated heterocycles. The van der Waals surface area contributed by atoms with Gasteiger partial charge < -0.3 is 4.90 Å². The zero-order chi connectivity index (χ0) is 25.6. The van der Waals surface area contributed by atoms with Gasteiger partial charge in [0.15, 0.2) is 0 Å². The molecule has 0 N–H and O–H groups in total. The Kier molecular flexibility index (Phi) is 8.10. The summed E-state index contributed by atoms with van der Waals surface area (Å²) in [6.07, 6.45) is 4.94. The van der Waals surface area contributed by atoms with Crippen LogP contribution in [0.1, 0.15) is 65.1 Å². The Morgan fingerprint density at radius 1 is 0.865 bits per heavy atom. The fourth-order valence-electron chi connectivity index (χ4n) is 6.01. The van der Waals surface area contributed by atoms with Gasteiger partial charge >= 0.3 is 0 Å². The minimum absolute atomic E-state index is 0.118. The first-order chi connectivity index (χ1) is 18.1. The molecule has 2 amide bonds. The van der Waals surface area contributed by atoms with E-state index in [1.54, 1.807) is 0 Å². The van der Waals surface area contributed by atoms with E-state index in [-0.39, 0.29) is 17.6 Å². The average molecular weight is 499 g/mol. The van der Waals surface area contributed by atoms with Crippen molar-refractivity contribution in [1.29, 1.82) is 0 Å². The lowest BCUT2D eigenvalue weighted by Gasteiger charge is -2.36. The topological polar surface area (TPSA) is 40.6 Å². The molecule has 2 aliphatic rings. The van der Waals surface area contributed by atoms with Gasteiger partial charge in [0.05, 0.1) is 0 Å². The summed E-state index contributed by atoms with van der Waals surface area (Å²) in [5.74, 6) is 0.285. The number of likely N-dealkylation sites (tertiary alicyclic amines) is 1. The monoisotopic (exact) mass is 498 g/mol. The molecule has 0 unspecified atom stereocenters. The average Bonchev–Trinajstić information content (AvgIpc) is 2.93. The standard InChI is InChI=1S/C32H35FN2O2/c33-28-14-15-29-27(23-28)18-22-35(32(29)37)30(36)13-7-8-19-34-20-16-26(17-21-34)31(24-9-3-1-4-10-24)25-11-5-2-6-12-25/h1-6,9-12,14-15,23,26,31H,7-8,13,16-22H2. The van der Waals surface area contributed by atoms with E-state index >= 15 is 0 Å². The molecular weight excluding hydrogens is 463 g/mol. The number of benzene rings is 3.